The van der Waals surface area contributed by atoms with Crippen LogP contribution in [0.25, 0.3) is 0 Å². The lowest BCUT2D eigenvalue weighted by Gasteiger charge is -2.31. The molecule has 1 aromatic rings. The number of carbonyl (C=O) groups excluding carboxylic acids is 1. The van der Waals surface area contributed by atoms with Crippen molar-refractivity contribution in [3.05, 3.63) is 11.9 Å². The van der Waals surface area contributed by atoms with Crippen molar-refractivity contribution < 1.29 is 4.79 Å². The van der Waals surface area contributed by atoms with Crippen molar-refractivity contribution in [2.75, 3.05) is 6.54 Å². The van der Waals surface area contributed by atoms with E-state index in [-0.39, 0.29) is 5.91 Å². The molecule has 2 atom stereocenters. The largest absolute Gasteiger partial charge is 0.334 e. The fourth-order valence-electron chi connectivity index (χ4n) is 3.70. The van der Waals surface area contributed by atoms with E-state index >= 15 is 0 Å². The molecule has 5 heteroatoms. The molecule has 1 saturated carbocycles. The van der Waals surface area contributed by atoms with Gasteiger partial charge in [-0.1, -0.05) is 31.9 Å². The van der Waals surface area contributed by atoms with Crippen LogP contribution in [0.2, 0.25) is 0 Å². The van der Waals surface area contributed by atoms with Crippen LogP contribution in [0.15, 0.2) is 6.20 Å². The first kappa shape index (κ1) is 14.5. The first-order valence-corrected chi connectivity index (χ1v) is 8.36. The molecule has 1 amide bonds. The predicted octanol–water partition coefficient (Wildman–Crippen LogP) is 2.73. The Balaban J connectivity index is 1.65. The second-order valence-electron chi connectivity index (χ2n) is 6.95. The van der Waals surface area contributed by atoms with Gasteiger partial charge in [0.15, 0.2) is 5.69 Å². The van der Waals surface area contributed by atoms with Gasteiger partial charge in [0.1, 0.15) is 0 Å². The maximum atomic E-state index is 12.7. The Bertz CT molecular complexity index is 496. The summed E-state index contributed by atoms with van der Waals surface area (Å²) in [7, 11) is 0. The number of fused-ring (bicyclic) bond motifs is 1. The molecular weight excluding hydrogens is 264 g/mol. The van der Waals surface area contributed by atoms with E-state index in [1.807, 2.05) is 10.9 Å². The number of amides is 1. The number of nitrogens with zero attached hydrogens (tertiary/aromatic N) is 4. The van der Waals surface area contributed by atoms with Crippen molar-refractivity contribution in [1.82, 2.24) is 19.9 Å². The molecule has 2 heterocycles. The zero-order valence-corrected chi connectivity index (χ0v) is 13.2. The average Bonchev–Trinajstić information content (AvgIpc) is 3.11. The second kappa shape index (κ2) is 6.16. The minimum absolute atomic E-state index is 0.0835. The lowest BCUT2D eigenvalue weighted by atomic mass is 9.85. The molecule has 1 saturated heterocycles. The van der Waals surface area contributed by atoms with Crippen LogP contribution in [0.4, 0.5) is 0 Å². The van der Waals surface area contributed by atoms with Crippen LogP contribution in [0.1, 0.15) is 62.9 Å². The maximum Gasteiger partial charge on any atom is 0.276 e. The Hall–Kier alpha value is -1.39. The highest BCUT2D eigenvalue weighted by Gasteiger charge is 2.39. The van der Waals surface area contributed by atoms with Crippen molar-refractivity contribution in [3.8, 4) is 0 Å². The number of likely N-dealkylation sites (tertiary alicyclic amines) is 1. The molecule has 116 valence electrons. The molecule has 1 aromatic heterocycles. The monoisotopic (exact) mass is 290 g/mol. The molecule has 0 N–H and O–H groups in total. The lowest BCUT2D eigenvalue weighted by Crippen LogP contribution is -2.39. The zero-order valence-electron chi connectivity index (χ0n) is 13.2. The molecule has 5 nitrogen and oxygen atoms in total. The Morgan fingerprint density at radius 1 is 1.33 bits per heavy atom. The van der Waals surface area contributed by atoms with E-state index in [0.29, 0.717) is 17.7 Å². The van der Waals surface area contributed by atoms with Crippen molar-refractivity contribution in [1.29, 1.82) is 0 Å². The van der Waals surface area contributed by atoms with Crippen LogP contribution < -0.4 is 0 Å². The zero-order chi connectivity index (χ0) is 14.8. The van der Waals surface area contributed by atoms with Crippen LogP contribution >= 0.6 is 0 Å². The van der Waals surface area contributed by atoms with Crippen molar-refractivity contribution >= 4 is 5.91 Å². The van der Waals surface area contributed by atoms with Crippen molar-refractivity contribution in [2.45, 2.75) is 65.0 Å². The minimum Gasteiger partial charge on any atom is -0.334 e. The highest BCUT2D eigenvalue weighted by atomic mass is 16.2. The third-order valence-corrected chi connectivity index (χ3v) is 4.96. The molecule has 0 unspecified atom stereocenters. The van der Waals surface area contributed by atoms with Crippen LogP contribution in [0.5, 0.6) is 0 Å². The third kappa shape index (κ3) is 3.11. The van der Waals surface area contributed by atoms with E-state index in [1.54, 1.807) is 0 Å². The number of hydrogen-bond acceptors (Lipinski definition) is 3. The summed E-state index contributed by atoms with van der Waals surface area (Å²) < 4.78 is 1.81. The molecule has 3 rings (SSSR count). The molecule has 1 aliphatic carbocycles. The van der Waals surface area contributed by atoms with Crippen LogP contribution in [0.3, 0.4) is 0 Å². The summed E-state index contributed by atoms with van der Waals surface area (Å²) in [6.45, 7) is 6.11. The van der Waals surface area contributed by atoms with E-state index in [1.165, 1.54) is 19.3 Å². The molecule has 0 aromatic carbocycles. The van der Waals surface area contributed by atoms with E-state index in [0.717, 1.165) is 38.3 Å². The summed E-state index contributed by atoms with van der Waals surface area (Å²) in [6.07, 6.45) is 9.08. The summed E-state index contributed by atoms with van der Waals surface area (Å²) in [6, 6.07) is 0.451. The first-order chi connectivity index (χ1) is 10.1. The molecule has 0 bridgehead atoms. The van der Waals surface area contributed by atoms with Gasteiger partial charge >= 0.3 is 0 Å². The average molecular weight is 290 g/mol. The maximum absolute atomic E-state index is 12.7. The Kier molecular flexibility index (Phi) is 4.27. The number of rotatable bonds is 4. The van der Waals surface area contributed by atoms with Crippen molar-refractivity contribution in [2.24, 2.45) is 11.8 Å². The number of aromatic nitrogens is 3. The molecule has 2 fully saturated rings. The van der Waals surface area contributed by atoms with Gasteiger partial charge in [-0.2, -0.15) is 0 Å². The van der Waals surface area contributed by atoms with Gasteiger partial charge in [0.25, 0.3) is 5.91 Å². The molecular formula is C16H26N4O. The van der Waals surface area contributed by atoms with Gasteiger partial charge in [-0.3, -0.25) is 9.48 Å². The summed E-state index contributed by atoms with van der Waals surface area (Å²) >= 11 is 0. The fraction of sp³-hybridized carbons (Fsp3) is 0.812. The predicted molar refractivity (Wildman–Crippen MR) is 80.9 cm³/mol. The minimum atomic E-state index is 0.0835. The van der Waals surface area contributed by atoms with E-state index in [2.05, 4.69) is 29.1 Å². The van der Waals surface area contributed by atoms with Crippen LogP contribution in [0, 0.1) is 11.8 Å². The van der Waals surface area contributed by atoms with Gasteiger partial charge in [0, 0.05) is 19.1 Å². The molecule has 1 aliphatic heterocycles. The summed E-state index contributed by atoms with van der Waals surface area (Å²) in [5.74, 6) is 1.44. The van der Waals surface area contributed by atoms with Gasteiger partial charge in [-0.15, -0.1) is 5.10 Å². The molecule has 2 aliphatic rings. The van der Waals surface area contributed by atoms with Crippen molar-refractivity contribution in [3.63, 3.8) is 0 Å². The number of carbonyl (C=O) groups is 1. The topological polar surface area (TPSA) is 51.0 Å². The molecule has 0 spiro atoms. The lowest BCUT2D eigenvalue weighted by molar-refractivity contribution is 0.0684. The smallest absolute Gasteiger partial charge is 0.276 e. The van der Waals surface area contributed by atoms with Gasteiger partial charge in [0.2, 0.25) is 0 Å². The normalized spacial score (nSPS) is 25.4. The van der Waals surface area contributed by atoms with E-state index in [9.17, 15) is 4.79 Å². The van der Waals surface area contributed by atoms with Gasteiger partial charge < -0.3 is 4.90 Å². The van der Waals surface area contributed by atoms with Gasteiger partial charge in [0.05, 0.1) is 6.20 Å². The Morgan fingerprint density at radius 3 is 2.95 bits per heavy atom. The summed E-state index contributed by atoms with van der Waals surface area (Å²) in [5, 5.41) is 8.20. The van der Waals surface area contributed by atoms with Gasteiger partial charge in [-0.05, 0) is 37.5 Å². The van der Waals surface area contributed by atoms with E-state index < -0.39 is 0 Å². The highest BCUT2D eigenvalue weighted by Crippen LogP contribution is 2.36. The highest BCUT2D eigenvalue weighted by molar-refractivity contribution is 5.92. The fourth-order valence-corrected chi connectivity index (χ4v) is 3.70. The third-order valence-electron chi connectivity index (χ3n) is 4.96. The van der Waals surface area contributed by atoms with Gasteiger partial charge in [-0.25, -0.2) is 0 Å². The Morgan fingerprint density at radius 2 is 2.14 bits per heavy atom. The number of hydrogen-bond donors (Lipinski definition) is 0. The second-order valence-corrected chi connectivity index (χ2v) is 6.95. The summed E-state index contributed by atoms with van der Waals surface area (Å²) in [5.41, 5.74) is 0.518. The molecule has 21 heavy (non-hydrogen) atoms. The van der Waals surface area contributed by atoms with Crippen LogP contribution in [-0.2, 0) is 6.54 Å². The Labute approximate surface area is 126 Å². The van der Waals surface area contributed by atoms with Crippen LogP contribution in [-0.4, -0.2) is 38.4 Å². The summed E-state index contributed by atoms with van der Waals surface area (Å²) in [4.78, 5) is 14.7. The standard InChI is InChI=1S/C16H26N4O/c1-12(2)7-9-19-11-14(17-18-19)16(21)20-10-8-13-5-3-4-6-15(13)20/h11-13,15H,3-10H2,1-2H3/t13-,15+/m1/s1. The molecule has 0 radical (unpaired) electrons. The quantitative estimate of drug-likeness (QED) is 0.856. The van der Waals surface area contributed by atoms with E-state index in [4.69, 9.17) is 0 Å². The first-order valence-electron chi connectivity index (χ1n) is 8.36. The SMILES string of the molecule is CC(C)CCn1cc(C(=O)N2CC[C@H]3CCCC[C@@H]32)nn1. The number of aryl methyl sites for hydroxylation is 1.